The molecule has 0 aliphatic heterocycles. The molecule has 1 aromatic rings. The van der Waals surface area contributed by atoms with Gasteiger partial charge in [-0.2, -0.15) is 0 Å². The minimum Gasteiger partial charge on any atom is -0.412 e. The highest BCUT2D eigenvalue weighted by Gasteiger charge is 1.82. The summed E-state index contributed by atoms with van der Waals surface area (Å²) in [6, 6.07) is 9.82. The highest BCUT2D eigenvalue weighted by Crippen LogP contribution is 2.00. The summed E-state index contributed by atoms with van der Waals surface area (Å²) in [5.74, 6) is 0. The lowest BCUT2D eigenvalue weighted by Crippen LogP contribution is -1.75. The fraction of sp³-hybridized carbons (Fsp3) is 0.111. The van der Waals surface area contributed by atoms with Crippen LogP contribution in [0, 0.1) is 0 Å². The van der Waals surface area contributed by atoms with Crippen LogP contribution in [0.1, 0.15) is 5.56 Å². The average molecular weight is 184 g/mol. The first kappa shape index (κ1) is 11.1. The molecule has 0 amide bonds. The summed E-state index contributed by atoms with van der Waals surface area (Å²) in [5.41, 5.74) is 1.09. The second-order valence-corrected chi connectivity index (χ2v) is 3.48. The molecule has 0 bridgehead atoms. The highest BCUT2D eigenvalue weighted by molar-refractivity contribution is 7.87. The highest BCUT2D eigenvalue weighted by atomic mass is 32.2. The molecule has 0 heterocycles. The Kier molecular flexibility index (Phi) is 5.25. The summed E-state index contributed by atoms with van der Waals surface area (Å²) in [6.45, 7) is 0. The SMILES string of the molecule is CS(=O)/C=C/c1ccccc1.O. The van der Waals surface area contributed by atoms with E-state index in [9.17, 15) is 4.21 Å². The second-order valence-electron chi connectivity index (χ2n) is 2.21. The lowest BCUT2D eigenvalue weighted by molar-refractivity contribution is 0.692. The lowest BCUT2D eigenvalue weighted by Gasteiger charge is -1.88. The quantitative estimate of drug-likeness (QED) is 0.681. The summed E-state index contributed by atoms with van der Waals surface area (Å²) in [4.78, 5) is 0. The van der Waals surface area contributed by atoms with Crippen LogP contribution in [0.15, 0.2) is 35.7 Å². The van der Waals surface area contributed by atoms with E-state index >= 15 is 0 Å². The van der Waals surface area contributed by atoms with Gasteiger partial charge in [0.1, 0.15) is 0 Å². The van der Waals surface area contributed by atoms with Crippen molar-refractivity contribution < 1.29 is 9.69 Å². The third-order valence-corrected chi connectivity index (χ3v) is 1.77. The zero-order valence-corrected chi connectivity index (χ0v) is 7.67. The van der Waals surface area contributed by atoms with Gasteiger partial charge in [0.25, 0.3) is 0 Å². The summed E-state index contributed by atoms with van der Waals surface area (Å²) in [5, 5.41) is 1.68. The van der Waals surface area contributed by atoms with E-state index < -0.39 is 10.8 Å². The summed E-state index contributed by atoms with van der Waals surface area (Å²) in [7, 11) is -0.847. The van der Waals surface area contributed by atoms with Gasteiger partial charge in [0.05, 0.1) is 0 Å². The molecule has 0 radical (unpaired) electrons. The standard InChI is InChI=1S/C9H10OS.H2O/c1-11(10)8-7-9-5-3-2-4-6-9;/h2-8H,1H3;1H2/b8-7+;. The van der Waals surface area contributed by atoms with E-state index in [4.69, 9.17) is 0 Å². The minimum atomic E-state index is -0.847. The molecule has 0 spiro atoms. The molecule has 66 valence electrons. The fourth-order valence-electron chi connectivity index (χ4n) is 0.739. The van der Waals surface area contributed by atoms with E-state index in [0.29, 0.717) is 0 Å². The van der Waals surface area contributed by atoms with Crippen LogP contribution in [-0.2, 0) is 10.8 Å². The van der Waals surface area contributed by atoms with Crippen LogP contribution >= 0.6 is 0 Å². The van der Waals surface area contributed by atoms with Crippen molar-refractivity contribution >= 4 is 16.9 Å². The first-order chi connectivity index (χ1) is 5.29. The Labute approximate surface area is 74.7 Å². The molecule has 0 fully saturated rings. The van der Waals surface area contributed by atoms with E-state index in [1.165, 1.54) is 0 Å². The Morgan fingerprint density at radius 3 is 2.33 bits per heavy atom. The second kappa shape index (κ2) is 5.69. The number of benzene rings is 1. The molecule has 0 aromatic heterocycles. The summed E-state index contributed by atoms with van der Waals surface area (Å²) in [6.07, 6.45) is 3.51. The van der Waals surface area contributed by atoms with Crippen LogP contribution in [0.5, 0.6) is 0 Å². The van der Waals surface area contributed by atoms with Crippen LogP contribution in [0.4, 0.5) is 0 Å². The van der Waals surface area contributed by atoms with Crippen LogP contribution in [-0.4, -0.2) is 15.9 Å². The van der Waals surface area contributed by atoms with Crippen molar-refractivity contribution in [3.63, 3.8) is 0 Å². The third kappa shape index (κ3) is 4.05. The lowest BCUT2D eigenvalue weighted by atomic mass is 10.2. The zero-order valence-electron chi connectivity index (χ0n) is 6.86. The van der Waals surface area contributed by atoms with Crippen molar-refractivity contribution in [3.05, 3.63) is 41.3 Å². The largest absolute Gasteiger partial charge is 0.412 e. The molecule has 2 N–H and O–H groups in total. The molecule has 0 aliphatic carbocycles. The van der Waals surface area contributed by atoms with E-state index in [1.807, 2.05) is 36.4 Å². The van der Waals surface area contributed by atoms with Crippen molar-refractivity contribution in [2.75, 3.05) is 6.26 Å². The summed E-state index contributed by atoms with van der Waals surface area (Å²) >= 11 is 0. The zero-order chi connectivity index (χ0) is 8.10. The molecular formula is C9H12O2S. The Hall–Kier alpha value is -0.930. The van der Waals surface area contributed by atoms with Gasteiger partial charge in [-0.15, -0.1) is 0 Å². The maximum atomic E-state index is 10.6. The van der Waals surface area contributed by atoms with Gasteiger partial charge in [-0.1, -0.05) is 30.3 Å². The summed E-state index contributed by atoms with van der Waals surface area (Å²) < 4.78 is 10.6. The van der Waals surface area contributed by atoms with Crippen molar-refractivity contribution in [1.82, 2.24) is 0 Å². The Morgan fingerprint density at radius 1 is 1.25 bits per heavy atom. The molecule has 1 aromatic carbocycles. The predicted octanol–water partition coefficient (Wildman–Crippen LogP) is 1.21. The Morgan fingerprint density at radius 2 is 1.83 bits per heavy atom. The molecule has 2 nitrogen and oxygen atoms in total. The van der Waals surface area contributed by atoms with Crippen LogP contribution in [0.3, 0.4) is 0 Å². The van der Waals surface area contributed by atoms with Crippen LogP contribution in [0.2, 0.25) is 0 Å². The van der Waals surface area contributed by atoms with Crippen LogP contribution in [0.25, 0.3) is 6.08 Å². The van der Waals surface area contributed by atoms with E-state index in [-0.39, 0.29) is 5.48 Å². The molecule has 0 aliphatic rings. The molecule has 1 unspecified atom stereocenters. The van der Waals surface area contributed by atoms with E-state index in [0.717, 1.165) is 5.56 Å². The molecule has 3 heteroatoms. The molecule has 1 rings (SSSR count). The number of hydrogen-bond acceptors (Lipinski definition) is 1. The topological polar surface area (TPSA) is 48.6 Å². The minimum absolute atomic E-state index is 0. The molecule has 1 atom stereocenters. The van der Waals surface area contributed by atoms with Crippen molar-refractivity contribution in [3.8, 4) is 0 Å². The Balaban J connectivity index is 0.00000121. The van der Waals surface area contributed by atoms with E-state index in [1.54, 1.807) is 11.7 Å². The van der Waals surface area contributed by atoms with Gasteiger partial charge >= 0.3 is 0 Å². The molecule has 12 heavy (non-hydrogen) atoms. The monoisotopic (exact) mass is 184 g/mol. The third-order valence-electron chi connectivity index (χ3n) is 1.25. The molecule has 0 saturated heterocycles. The molecular weight excluding hydrogens is 172 g/mol. The van der Waals surface area contributed by atoms with Gasteiger partial charge in [0.15, 0.2) is 0 Å². The smallest absolute Gasteiger partial charge is 0.0424 e. The fourth-order valence-corrected chi connectivity index (χ4v) is 1.09. The van der Waals surface area contributed by atoms with Gasteiger partial charge in [-0.05, 0) is 11.6 Å². The predicted molar refractivity (Wildman–Crippen MR) is 53.2 cm³/mol. The first-order valence-corrected chi connectivity index (χ1v) is 4.96. The number of hydrogen-bond donors (Lipinski definition) is 0. The van der Waals surface area contributed by atoms with Crippen molar-refractivity contribution in [2.45, 2.75) is 0 Å². The van der Waals surface area contributed by atoms with Crippen molar-refractivity contribution in [1.29, 1.82) is 0 Å². The van der Waals surface area contributed by atoms with Gasteiger partial charge in [-0.25, -0.2) is 0 Å². The van der Waals surface area contributed by atoms with Gasteiger partial charge in [0.2, 0.25) is 0 Å². The first-order valence-electron chi connectivity index (χ1n) is 3.34. The van der Waals surface area contributed by atoms with Crippen molar-refractivity contribution in [2.24, 2.45) is 0 Å². The molecule has 0 saturated carbocycles. The Bertz CT molecular complexity index is 267. The van der Waals surface area contributed by atoms with E-state index in [2.05, 4.69) is 0 Å². The normalized spacial score (nSPS) is 12.4. The van der Waals surface area contributed by atoms with Gasteiger partial charge < -0.3 is 5.48 Å². The average Bonchev–Trinajstić information content (AvgIpc) is 2.03. The maximum absolute atomic E-state index is 10.6. The number of rotatable bonds is 2. The van der Waals surface area contributed by atoms with Crippen LogP contribution < -0.4 is 0 Å². The van der Waals surface area contributed by atoms with Gasteiger partial charge in [-0.3, -0.25) is 4.21 Å². The maximum Gasteiger partial charge on any atom is 0.0424 e. The van der Waals surface area contributed by atoms with Gasteiger partial charge in [0, 0.05) is 22.5 Å².